The smallest absolute Gasteiger partial charge is 0.152 e. The van der Waals surface area contributed by atoms with Crippen LogP contribution in [0.2, 0.25) is 0 Å². The van der Waals surface area contributed by atoms with Gasteiger partial charge in [0.25, 0.3) is 0 Å². The monoisotopic (exact) mass is 312 g/mol. The number of phenols is 1. The molecular weight excluding hydrogens is 300 g/mol. The van der Waals surface area contributed by atoms with E-state index in [4.69, 9.17) is 5.11 Å². The Balaban J connectivity index is 0.000000181. The number of para-hydroxylation sites is 1. The first-order valence-electron chi connectivity index (χ1n) is 4.92. The Bertz CT molecular complexity index is 429. The highest BCUT2D eigenvalue weighted by Crippen LogP contribution is 2.13. The fourth-order valence-corrected chi connectivity index (χ4v) is 1.84. The predicted octanol–water partition coefficient (Wildman–Crippen LogP) is 3.58. The number of rotatable bonds is 1. The first-order chi connectivity index (χ1) is 8.09. The zero-order chi connectivity index (χ0) is 12.7. The third-order valence-electron chi connectivity index (χ3n) is 1.90. The summed E-state index contributed by atoms with van der Waals surface area (Å²) in [4.78, 5) is 0.864. The summed E-state index contributed by atoms with van der Waals surface area (Å²) in [6.07, 6.45) is 1.67. The molecule has 2 nitrogen and oxygen atoms in total. The van der Waals surface area contributed by atoms with Crippen molar-refractivity contribution in [2.24, 2.45) is 0 Å². The van der Waals surface area contributed by atoms with E-state index in [1.807, 2.05) is 30.3 Å². The van der Waals surface area contributed by atoms with E-state index in [0.717, 1.165) is 9.37 Å². The van der Waals surface area contributed by atoms with Crippen molar-refractivity contribution in [1.82, 2.24) is 0 Å². The highest BCUT2D eigenvalue weighted by Gasteiger charge is 2.00. The van der Waals surface area contributed by atoms with Crippen LogP contribution in [0, 0.1) is 0 Å². The van der Waals surface area contributed by atoms with Crippen LogP contribution in [0.15, 0.2) is 64.0 Å². The van der Waals surface area contributed by atoms with E-state index in [2.05, 4.69) is 15.9 Å². The molecule has 0 aliphatic heterocycles. The van der Waals surface area contributed by atoms with Gasteiger partial charge in [0.1, 0.15) is 12.0 Å². The van der Waals surface area contributed by atoms with E-state index < -0.39 is 11.2 Å². The lowest BCUT2D eigenvalue weighted by Crippen LogP contribution is -1.95. The van der Waals surface area contributed by atoms with Crippen molar-refractivity contribution < 1.29 is 9.66 Å². The Morgan fingerprint density at radius 2 is 1.53 bits per heavy atom. The normalized spacial score (nSPS) is 11.2. The number of aromatic hydroxyl groups is 1. The van der Waals surface area contributed by atoms with E-state index in [0.29, 0.717) is 5.75 Å². The first-order valence-corrected chi connectivity index (χ1v) is 7.27. The van der Waals surface area contributed by atoms with Gasteiger partial charge in [0, 0.05) is 4.47 Å². The highest BCUT2D eigenvalue weighted by atomic mass is 79.9. The molecule has 0 aliphatic rings. The molecule has 4 heteroatoms. The van der Waals surface area contributed by atoms with E-state index in [1.165, 1.54) is 0 Å². The molecule has 0 aliphatic carbocycles. The summed E-state index contributed by atoms with van der Waals surface area (Å²) in [7, 11) is 0. The van der Waals surface area contributed by atoms with Crippen molar-refractivity contribution in [3.63, 3.8) is 0 Å². The van der Waals surface area contributed by atoms with E-state index >= 15 is 0 Å². The van der Waals surface area contributed by atoms with Gasteiger partial charge in [-0.2, -0.15) is 0 Å². The van der Waals surface area contributed by atoms with Crippen LogP contribution in [-0.4, -0.2) is 15.9 Å². The van der Waals surface area contributed by atoms with Gasteiger partial charge in [-0.3, -0.25) is 0 Å². The third-order valence-corrected chi connectivity index (χ3v) is 3.37. The lowest BCUT2D eigenvalue weighted by molar-refractivity contribution is 0.475. The fourth-order valence-electron chi connectivity index (χ4n) is 1.05. The van der Waals surface area contributed by atoms with Gasteiger partial charge >= 0.3 is 0 Å². The molecule has 2 aromatic rings. The zero-order valence-electron chi connectivity index (χ0n) is 9.34. The van der Waals surface area contributed by atoms with Crippen molar-refractivity contribution in [2.45, 2.75) is 4.90 Å². The van der Waals surface area contributed by atoms with Gasteiger partial charge in [0.05, 0.1) is 0 Å². The second-order valence-corrected chi connectivity index (χ2v) is 5.54. The summed E-state index contributed by atoms with van der Waals surface area (Å²) in [6, 6.07) is 16.2. The van der Waals surface area contributed by atoms with Crippen molar-refractivity contribution >= 4 is 27.1 Å². The SMILES string of the molecule is C[S+]([O-])c1ccc(Br)cc1.Oc1ccccc1. The van der Waals surface area contributed by atoms with Crippen LogP contribution in [0.25, 0.3) is 0 Å². The number of phenolic OH excluding ortho intramolecular Hbond substituents is 1. The summed E-state index contributed by atoms with van der Waals surface area (Å²) in [5.41, 5.74) is 0. The molecular formula is C13H13BrO2S. The van der Waals surface area contributed by atoms with Crippen molar-refractivity contribution in [1.29, 1.82) is 0 Å². The van der Waals surface area contributed by atoms with Gasteiger partial charge in [-0.15, -0.1) is 0 Å². The maximum Gasteiger partial charge on any atom is 0.152 e. The lowest BCUT2D eigenvalue weighted by Gasteiger charge is -2.02. The summed E-state index contributed by atoms with van der Waals surface area (Å²) in [5.74, 6) is 0.322. The minimum Gasteiger partial charge on any atom is -0.612 e. The van der Waals surface area contributed by atoms with Crippen LogP contribution < -0.4 is 0 Å². The molecule has 0 amide bonds. The number of benzene rings is 2. The van der Waals surface area contributed by atoms with Crippen LogP contribution in [0.5, 0.6) is 5.75 Å². The molecule has 17 heavy (non-hydrogen) atoms. The van der Waals surface area contributed by atoms with Gasteiger partial charge in [0.15, 0.2) is 4.90 Å². The molecule has 1 atom stereocenters. The van der Waals surface area contributed by atoms with Gasteiger partial charge in [-0.05, 0) is 47.6 Å². The Hall–Kier alpha value is -0.970. The van der Waals surface area contributed by atoms with E-state index in [-0.39, 0.29) is 0 Å². The largest absolute Gasteiger partial charge is 0.612 e. The van der Waals surface area contributed by atoms with Crippen molar-refractivity contribution in [3.05, 3.63) is 59.1 Å². The zero-order valence-corrected chi connectivity index (χ0v) is 11.7. The number of halogens is 1. The topological polar surface area (TPSA) is 43.3 Å². The van der Waals surface area contributed by atoms with Crippen LogP contribution in [0.3, 0.4) is 0 Å². The molecule has 0 saturated carbocycles. The summed E-state index contributed by atoms with van der Waals surface area (Å²) in [6.45, 7) is 0. The van der Waals surface area contributed by atoms with Gasteiger partial charge in [-0.25, -0.2) is 0 Å². The average Bonchev–Trinajstić information content (AvgIpc) is 2.31. The molecule has 0 saturated heterocycles. The van der Waals surface area contributed by atoms with Crippen molar-refractivity contribution in [3.8, 4) is 5.75 Å². The molecule has 1 N–H and O–H groups in total. The minimum atomic E-state index is -0.858. The third kappa shape index (κ3) is 5.77. The van der Waals surface area contributed by atoms with E-state index in [1.54, 1.807) is 30.5 Å². The summed E-state index contributed by atoms with van der Waals surface area (Å²) in [5, 5.41) is 8.63. The first kappa shape index (κ1) is 14.1. The van der Waals surface area contributed by atoms with Crippen molar-refractivity contribution in [2.75, 3.05) is 6.26 Å². The van der Waals surface area contributed by atoms with Gasteiger partial charge in [-0.1, -0.05) is 34.1 Å². The molecule has 90 valence electrons. The Labute approximate surface area is 113 Å². The second kappa shape index (κ2) is 7.37. The molecule has 0 spiro atoms. The van der Waals surface area contributed by atoms with Crippen LogP contribution in [-0.2, 0) is 11.2 Å². The maximum absolute atomic E-state index is 10.9. The fraction of sp³-hybridized carbons (Fsp3) is 0.0769. The number of hydrogen-bond acceptors (Lipinski definition) is 2. The molecule has 0 heterocycles. The van der Waals surface area contributed by atoms with E-state index in [9.17, 15) is 4.55 Å². The average molecular weight is 313 g/mol. The Morgan fingerprint density at radius 3 is 1.88 bits per heavy atom. The quantitative estimate of drug-likeness (QED) is 0.818. The number of hydrogen-bond donors (Lipinski definition) is 1. The minimum absolute atomic E-state index is 0.322. The van der Waals surface area contributed by atoms with Crippen LogP contribution in [0.4, 0.5) is 0 Å². The van der Waals surface area contributed by atoms with Gasteiger partial charge < -0.3 is 9.66 Å². The highest BCUT2D eigenvalue weighted by molar-refractivity contribution is 9.10. The molecule has 2 aromatic carbocycles. The summed E-state index contributed by atoms with van der Waals surface area (Å²) >= 11 is 2.44. The summed E-state index contributed by atoms with van der Waals surface area (Å²) < 4.78 is 11.9. The molecule has 0 aromatic heterocycles. The molecule has 0 radical (unpaired) electrons. The maximum atomic E-state index is 10.9. The standard InChI is InChI=1S/C7H7BrOS.C6H6O/c1-10(9)7-4-2-6(8)3-5-7;7-6-4-2-1-3-5-6/h2-5H,1H3;1-5,7H. The lowest BCUT2D eigenvalue weighted by atomic mass is 10.3. The predicted molar refractivity (Wildman–Crippen MR) is 74.6 cm³/mol. The molecule has 1 unspecified atom stereocenters. The Kier molecular flexibility index (Phi) is 6.11. The van der Waals surface area contributed by atoms with Crippen LogP contribution in [0.1, 0.15) is 0 Å². The van der Waals surface area contributed by atoms with Gasteiger partial charge in [0.2, 0.25) is 0 Å². The second-order valence-electron chi connectivity index (χ2n) is 3.24. The molecule has 0 fully saturated rings. The van der Waals surface area contributed by atoms with Crippen LogP contribution >= 0.6 is 15.9 Å². The molecule has 0 bridgehead atoms. The molecule has 2 rings (SSSR count). The Morgan fingerprint density at radius 1 is 1.00 bits per heavy atom.